The number of carbonyl (C=O) groups is 4. The zero-order valence-electron chi connectivity index (χ0n) is 20.0. The highest BCUT2D eigenvalue weighted by molar-refractivity contribution is 6.39. The Bertz CT molecular complexity index is 1600. The number of amides is 4. The summed E-state index contributed by atoms with van der Waals surface area (Å²) in [5, 5.41) is 12.7. The van der Waals surface area contributed by atoms with Gasteiger partial charge in [-0.1, -0.05) is 24.3 Å². The van der Waals surface area contributed by atoms with Gasteiger partial charge in [-0.2, -0.15) is 13.2 Å². The smallest absolute Gasteiger partial charge is 0.416 e. The number of hydrogen-bond donors (Lipinski definition) is 1. The number of hydrogen-bond acceptors (Lipinski definition) is 7. The second kappa shape index (κ2) is 11.0. The van der Waals surface area contributed by atoms with Crippen LogP contribution < -0.4 is 15.0 Å². The Morgan fingerprint density at radius 2 is 1.68 bits per heavy atom. The molecule has 0 aliphatic carbocycles. The molecule has 13 heteroatoms. The number of rotatable bonds is 6. The molecule has 0 aromatic heterocycles. The zero-order chi connectivity index (χ0) is 29.0. The first kappa shape index (κ1) is 27.4. The van der Waals surface area contributed by atoms with Gasteiger partial charge in [-0.3, -0.25) is 25.0 Å². The van der Waals surface area contributed by atoms with Gasteiger partial charge in [-0.15, -0.1) is 0 Å². The first-order valence-electron chi connectivity index (χ1n) is 11.3. The topological polar surface area (TPSA) is 136 Å². The average Bonchev–Trinajstić information content (AvgIpc) is 2.90. The standard InChI is InChI=1S/C27H16F3N3O7/c28-27(29,30)18-5-3-6-20(15-18)32-25(36)21(24(35)31-26(32)37)14-17-4-1-2-7-22(17)40-23(34)13-10-16-8-11-19(12-9-16)33(38)39/h1-15H,(H,31,35,37)/b13-10+,21-14-. The molecule has 0 bridgehead atoms. The molecule has 0 saturated carbocycles. The minimum atomic E-state index is -4.74. The second-order valence-electron chi connectivity index (χ2n) is 8.15. The van der Waals surface area contributed by atoms with E-state index in [0.717, 1.165) is 30.4 Å². The summed E-state index contributed by atoms with van der Waals surface area (Å²) in [5.41, 5.74) is -1.68. The molecule has 1 fully saturated rings. The molecule has 4 amide bonds. The number of nitrogens with one attached hydrogen (secondary N) is 1. The maximum absolute atomic E-state index is 13.2. The van der Waals surface area contributed by atoms with Crippen molar-refractivity contribution in [3.05, 3.63) is 111 Å². The van der Waals surface area contributed by atoms with Crippen LogP contribution >= 0.6 is 0 Å². The Labute approximate surface area is 223 Å². The van der Waals surface area contributed by atoms with E-state index in [1.807, 2.05) is 5.32 Å². The lowest BCUT2D eigenvalue weighted by molar-refractivity contribution is -0.384. The summed E-state index contributed by atoms with van der Waals surface area (Å²) in [4.78, 5) is 61.0. The van der Waals surface area contributed by atoms with Crippen molar-refractivity contribution >= 4 is 47.3 Å². The van der Waals surface area contributed by atoms with Crippen molar-refractivity contribution < 1.29 is 42.0 Å². The third-order valence-electron chi connectivity index (χ3n) is 5.48. The first-order chi connectivity index (χ1) is 18.9. The Morgan fingerprint density at radius 1 is 0.975 bits per heavy atom. The summed E-state index contributed by atoms with van der Waals surface area (Å²) in [6.07, 6.45) is -1.30. The van der Waals surface area contributed by atoms with E-state index >= 15 is 0 Å². The largest absolute Gasteiger partial charge is 0.423 e. The van der Waals surface area contributed by atoms with Crippen molar-refractivity contribution in [2.24, 2.45) is 0 Å². The van der Waals surface area contributed by atoms with Gasteiger partial charge in [0, 0.05) is 23.8 Å². The highest BCUT2D eigenvalue weighted by Gasteiger charge is 2.38. The number of barbiturate groups is 1. The molecule has 40 heavy (non-hydrogen) atoms. The number of halogens is 3. The van der Waals surface area contributed by atoms with Gasteiger partial charge in [0.2, 0.25) is 0 Å². The Hall–Kier alpha value is -5.59. The normalized spacial score (nSPS) is 14.9. The first-order valence-corrected chi connectivity index (χ1v) is 11.3. The summed E-state index contributed by atoms with van der Waals surface area (Å²) in [7, 11) is 0. The molecule has 4 rings (SSSR count). The Morgan fingerprint density at radius 3 is 2.35 bits per heavy atom. The van der Waals surface area contributed by atoms with Crippen LogP contribution in [0.25, 0.3) is 12.2 Å². The SMILES string of the molecule is O=C(/C=C/c1ccc([N+](=O)[O-])cc1)Oc1ccccc1/C=C1/C(=O)NC(=O)N(c2cccc(C(F)(F)F)c2)C1=O. The number of para-hydroxylation sites is 1. The van der Waals surface area contributed by atoms with Crippen molar-refractivity contribution in [3.63, 3.8) is 0 Å². The average molecular weight is 551 g/mol. The molecule has 10 nitrogen and oxygen atoms in total. The van der Waals surface area contributed by atoms with E-state index in [1.54, 1.807) is 0 Å². The van der Waals surface area contributed by atoms with Gasteiger partial charge in [-0.05, 0) is 54.1 Å². The summed E-state index contributed by atoms with van der Waals surface area (Å²) in [6, 6.07) is 13.4. The predicted octanol–water partition coefficient (Wildman–Crippen LogP) is 4.90. The number of esters is 1. The van der Waals surface area contributed by atoms with Gasteiger partial charge < -0.3 is 4.74 Å². The molecule has 1 saturated heterocycles. The van der Waals surface area contributed by atoms with E-state index in [9.17, 15) is 42.5 Å². The number of carbonyl (C=O) groups excluding carboxylic acids is 4. The van der Waals surface area contributed by atoms with E-state index < -0.39 is 51.7 Å². The summed E-state index contributed by atoms with van der Waals surface area (Å²) in [5.74, 6) is -3.22. The highest BCUT2D eigenvalue weighted by atomic mass is 19.4. The van der Waals surface area contributed by atoms with Gasteiger partial charge in [0.15, 0.2) is 0 Å². The lowest BCUT2D eigenvalue weighted by Gasteiger charge is -2.27. The van der Waals surface area contributed by atoms with Crippen molar-refractivity contribution in [1.29, 1.82) is 0 Å². The number of nitro benzene ring substituents is 1. The molecular weight excluding hydrogens is 535 g/mol. The van der Waals surface area contributed by atoms with E-state index in [1.165, 1.54) is 54.6 Å². The Kier molecular flexibility index (Phi) is 7.57. The van der Waals surface area contributed by atoms with Crippen LogP contribution in [0.15, 0.2) is 84.4 Å². The molecule has 1 aliphatic heterocycles. The quantitative estimate of drug-likeness (QED) is 0.115. The summed E-state index contributed by atoms with van der Waals surface area (Å²) < 4.78 is 44.8. The fourth-order valence-corrected chi connectivity index (χ4v) is 3.58. The van der Waals surface area contributed by atoms with E-state index in [4.69, 9.17) is 4.74 Å². The molecule has 3 aromatic carbocycles. The van der Waals surface area contributed by atoms with Gasteiger partial charge in [0.1, 0.15) is 11.3 Å². The third-order valence-corrected chi connectivity index (χ3v) is 5.48. The number of benzene rings is 3. The van der Waals surface area contributed by atoms with Crippen molar-refractivity contribution in [2.75, 3.05) is 4.90 Å². The fourth-order valence-electron chi connectivity index (χ4n) is 3.58. The van der Waals surface area contributed by atoms with Crippen LogP contribution in [-0.2, 0) is 20.6 Å². The van der Waals surface area contributed by atoms with Crippen LogP contribution in [0.5, 0.6) is 5.75 Å². The maximum Gasteiger partial charge on any atom is 0.416 e. The minimum Gasteiger partial charge on any atom is -0.423 e. The molecular formula is C27H16F3N3O7. The van der Waals surface area contributed by atoms with Crippen LogP contribution in [-0.4, -0.2) is 28.7 Å². The predicted molar refractivity (Wildman–Crippen MR) is 135 cm³/mol. The van der Waals surface area contributed by atoms with Gasteiger partial charge in [-0.25, -0.2) is 14.5 Å². The van der Waals surface area contributed by atoms with Crippen molar-refractivity contribution in [1.82, 2.24) is 5.32 Å². The number of alkyl halides is 3. The molecule has 0 atom stereocenters. The highest BCUT2D eigenvalue weighted by Crippen LogP contribution is 2.33. The molecule has 202 valence electrons. The van der Waals surface area contributed by atoms with Crippen molar-refractivity contribution in [3.8, 4) is 5.75 Å². The summed E-state index contributed by atoms with van der Waals surface area (Å²) >= 11 is 0. The number of nitro groups is 1. The van der Waals surface area contributed by atoms with Crippen LogP contribution in [0, 0.1) is 10.1 Å². The number of ether oxygens (including phenoxy) is 1. The molecule has 0 unspecified atom stereocenters. The van der Waals surface area contributed by atoms with Crippen LogP contribution in [0.4, 0.5) is 29.3 Å². The molecule has 0 spiro atoms. The van der Waals surface area contributed by atoms with Crippen molar-refractivity contribution in [2.45, 2.75) is 6.18 Å². The molecule has 1 heterocycles. The molecule has 1 N–H and O–H groups in total. The minimum absolute atomic E-state index is 0.0727. The summed E-state index contributed by atoms with van der Waals surface area (Å²) in [6.45, 7) is 0. The van der Waals surface area contributed by atoms with Crippen LogP contribution in [0.2, 0.25) is 0 Å². The molecule has 3 aromatic rings. The molecule has 1 aliphatic rings. The monoisotopic (exact) mass is 551 g/mol. The number of imide groups is 2. The van der Waals surface area contributed by atoms with Crippen LogP contribution in [0.3, 0.4) is 0 Å². The van der Waals surface area contributed by atoms with Gasteiger partial charge in [0.05, 0.1) is 16.2 Å². The number of urea groups is 1. The second-order valence-corrected chi connectivity index (χ2v) is 8.15. The van der Waals surface area contributed by atoms with Crippen LogP contribution in [0.1, 0.15) is 16.7 Å². The zero-order valence-corrected chi connectivity index (χ0v) is 20.0. The van der Waals surface area contributed by atoms with E-state index in [2.05, 4.69) is 0 Å². The maximum atomic E-state index is 13.2. The molecule has 0 radical (unpaired) electrons. The van der Waals surface area contributed by atoms with E-state index in [0.29, 0.717) is 16.5 Å². The number of nitrogens with zero attached hydrogens (tertiary/aromatic N) is 2. The van der Waals surface area contributed by atoms with E-state index in [-0.39, 0.29) is 17.0 Å². The Balaban J connectivity index is 1.59. The fraction of sp³-hybridized carbons (Fsp3) is 0.0370. The lowest BCUT2D eigenvalue weighted by atomic mass is 10.1. The number of non-ortho nitro benzene ring substituents is 1. The third kappa shape index (κ3) is 6.10. The van der Waals surface area contributed by atoms with Gasteiger partial charge >= 0.3 is 18.2 Å². The number of anilines is 1. The van der Waals surface area contributed by atoms with Gasteiger partial charge in [0.25, 0.3) is 17.5 Å². The lowest BCUT2D eigenvalue weighted by Crippen LogP contribution is -2.54.